The second-order valence-corrected chi connectivity index (χ2v) is 4.66. The molecule has 0 aliphatic rings. The number of Topliss-reactive ketones (excluding diaryl/α,β-unsaturated/α-hetero) is 1. The highest BCUT2D eigenvalue weighted by molar-refractivity contribution is 6.01. The van der Waals surface area contributed by atoms with E-state index >= 15 is 0 Å². The summed E-state index contributed by atoms with van der Waals surface area (Å²) in [5, 5.41) is 0. The molecule has 2 aromatic carbocycles. The van der Waals surface area contributed by atoms with Crippen molar-refractivity contribution in [1.29, 1.82) is 0 Å². The Morgan fingerprint density at radius 2 is 1.67 bits per heavy atom. The highest BCUT2D eigenvalue weighted by atomic mass is 19.1. The molecule has 2 aromatic rings. The van der Waals surface area contributed by atoms with E-state index in [2.05, 4.69) is 0 Å². The molecule has 0 N–H and O–H groups in total. The van der Waals surface area contributed by atoms with Crippen molar-refractivity contribution in [2.75, 3.05) is 20.8 Å². The van der Waals surface area contributed by atoms with Crippen LogP contribution in [0.2, 0.25) is 0 Å². The molecule has 0 spiro atoms. The molecule has 0 unspecified atom stereocenters. The smallest absolute Gasteiger partial charge is 0.344 e. The third-order valence-electron chi connectivity index (χ3n) is 3.21. The summed E-state index contributed by atoms with van der Waals surface area (Å²) in [6, 6.07) is 7.49. The molecule has 126 valence electrons. The summed E-state index contributed by atoms with van der Waals surface area (Å²) in [5.74, 6) is -3.32. The van der Waals surface area contributed by atoms with Crippen molar-refractivity contribution in [2.24, 2.45) is 0 Å². The Morgan fingerprint density at radius 3 is 2.25 bits per heavy atom. The first-order valence-corrected chi connectivity index (χ1v) is 6.84. The third-order valence-corrected chi connectivity index (χ3v) is 3.21. The minimum Gasteiger partial charge on any atom is -0.497 e. The number of ketones is 1. The average molecular weight is 336 g/mol. The second kappa shape index (κ2) is 7.54. The van der Waals surface area contributed by atoms with E-state index in [1.165, 1.54) is 26.4 Å². The summed E-state index contributed by atoms with van der Waals surface area (Å²) in [6.07, 6.45) is 0. The maximum Gasteiger partial charge on any atom is 0.344 e. The van der Waals surface area contributed by atoms with Crippen molar-refractivity contribution in [3.63, 3.8) is 0 Å². The molecule has 0 aliphatic carbocycles. The van der Waals surface area contributed by atoms with Crippen LogP contribution < -0.4 is 9.47 Å². The zero-order chi connectivity index (χ0) is 17.7. The number of ether oxygens (including phenoxy) is 3. The molecule has 24 heavy (non-hydrogen) atoms. The van der Waals surface area contributed by atoms with Gasteiger partial charge in [-0.05, 0) is 30.3 Å². The topological polar surface area (TPSA) is 61.8 Å². The van der Waals surface area contributed by atoms with E-state index in [4.69, 9.17) is 14.2 Å². The molecule has 0 bridgehead atoms. The van der Waals surface area contributed by atoms with E-state index in [1.807, 2.05) is 0 Å². The van der Waals surface area contributed by atoms with Crippen LogP contribution in [0.1, 0.15) is 20.7 Å². The van der Waals surface area contributed by atoms with E-state index in [9.17, 15) is 18.4 Å². The number of halogens is 2. The monoisotopic (exact) mass is 336 g/mol. The average Bonchev–Trinajstić information content (AvgIpc) is 2.58. The van der Waals surface area contributed by atoms with Gasteiger partial charge in [0.15, 0.2) is 6.61 Å². The highest BCUT2D eigenvalue weighted by Gasteiger charge is 2.21. The van der Waals surface area contributed by atoms with Crippen LogP contribution in [-0.4, -0.2) is 32.6 Å². The molecule has 0 fully saturated rings. The van der Waals surface area contributed by atoms with Gasteiger partial charge in [0.25, 0.3) is 0 Å². The van der Waals surface area contributed by atoms with Crippen molar-refractivity contribution < 1.29 is 32.6 Å². The molecule has 7 heteroatoms. The quantitative estimate of drug-likeness (QED) is 0.599. The predicted molar refractivity (Wildman–Crippen MR) is 80.5 cm³/mol. The maximum absolute atomic E-state index is 13.5. The number of benzene rings is 2. The van der Waals surface area contributed by atoms with E-state index in [0.29, 0.717) is 5.75 Å². The Labute approximate surface area is 136 Å². The normalized spacial score (nSPS) is 10.2. The molecule has 0 aromatic heterocycles. The molecule has 0 amide bonds. The second-order valence-electron chi connectivity index (χ2n) is 4.66. The SMILES string of the molecule is COc1ccc(OC)c(C(=O)COC(=O)c2c(F)cccc2F)c1. The summed E-state index contributed by atoms with van der Waals surface area (Å²) < 4.78 is 41.8. The lowest BCUT2D eigenvalue weighted by Gasteiger charge is -2.10. The minimum absolute atomic E-state index is 0.124. The lowest BCUT2D eigenvalue weighted by Crippen LogP contribution is -2.17. The summed E-state index contributed by atoms with van der Waals surface area (Å²) in [6.45, 7) is -0.698. The van der Waals surface area contributed by atoms with E-state index in [-0.39, 0.29) is 11.3 Å². The molecule has 0 atom stereocenters. The van der Waals surface area contributed by atoms with Crippen LogP contribution >= 0.6 is 0 Å². The number of hydrogen-bond donors (Lipinski definition) is 0. The predicted octanol–water partition coefficient (Wildman–Crippen LogP) is 3.02. The summed E-state index contributed by atoms with van der Waals surface area (Å²) in [7, 11) is 2.80. The van der Waals surface area contributed by atoms with Crippen molar-refractivity contribution in [3.05, 3.63) is 59.2 Å². The van der Waals surface area contributed by atoms with Gasteiger partial charge in [-0.15, -0.1) is 0 Å². The zero-order valence-electron chi connectivity index (χ0n) is 13.0. The van der Waals surface area contributed by atoms with Gasteiger partial charge in [-0.2, -0.15) is 0 Å². The Hall–Kier alpha value is -2.96. The summed E-state index contributed by atoms with van der Waals surface area (Å²) in [4.78, 5) is 24.0. The highest BCUT2D eigenvalue weighted by Crippen LogP contribution is 2.24. The number of carbonyl (C=O) groups is 2. The summed E-state index contributed by atoms with van der Waals surface area (Å²) in [5.41, 5.74) is -0.721. The zero-order valence-corrected chi connectivity index (χ0v) is 13.0. The van der Waals surface area contributed by atoms with Gasteiger partial charge in [0, 0.05) is 0 Å². The fourth-order valence-electron chi connectivity index (χ4n) is 2.01. The van der Waals surface area contributed by atoms with Crippen LogP contribution in [0.25, 0.3) is 0 Å². The van der Waals surface area contributed by atoms with E-state index in [1.54, 1.807) is 6.07 Å². The van der Waals surface area contributed by atoms with Crippen LogP contribution in [0.5, 0.6) is 11.5 Å². The first-order valence-electron chi connectivity index (χ1n) is 6.84. The molecule has 0 heterocycles. The molecular formula is C17H14F2O5. The van der Waals surface area contributed by atoms with Gasteiger partial charge >= 0.3 is 5.97 Å². The lowest BCUT2D eigenvalue weighted by molar-refractivity contribution is 0.0464. The number of carbonyl (C=O) groups excluding carboxylic acids is 2. The van der Waals surface area contributed by atoms with Crippen molar-refractivity contribution in [2.45, 2.75) is 0 Å². The third kappa shape index (κ3) is 3.68. The van der Waals surface area contributed by atoms with Crippen LogP contribution in [0, 0.1) is 11.6 Å². The van der Waals surface area contributed by atoms with Gasteiger partial charge in [0.1, 0.15) is 28.7 Å². The van der Waals surface area contributed by atoms with Crippen LogP contribution in [0.15, 0.2) is 36.4 Å². The molecule has 0 aliphatic heterocycles. The van der Waals surface area contributed by atoms with Crippen molar-refractivity contribution >= 4 is 11.8 Å². The van der Waals surface area contributed by atoms with E-state index in [0.717, 1.165) is 18.2 Å². The molecule has 0 saturated heterocycles. The number of esters is 1. The molecular weight excluding hydrogens is 322 g/mol. The fraction of sp³-hybridized carbons (Fsp3) is 0.176. The van der Waals surface area contributed by atoms with Gasteiger partial charge in [-0.25, -0.2) is 13.6 Å². The Bertz CT molecular complexity index is 753. The Kier molecular flexibility index (Phi) is 5.47. The van der Waals surface area contributed by atoms with Gasteiger partial charge in [-0.1, -0.05) is 6.07 Å². The number of methoxy groups -OCH3 is 2. The Morgan fingerprint density at radius 1 is 1.00 bits per heavy atom. The molecule has 2 rings (SSSR count). The largest absolute Gasteiger partial charge is 0.497 e. The first kappa shape index (κ1) is 17.4. The standard InChI is InChI=1S/C17H14F2O5/c1-22-10-6-7-15(23-2)11(8-10)14(20)9-24-17(21)16-12(18)4-3-5-13(16)19/h3-8H,9H2,1-2H3. The minimum atomic E-state index is -1.26. The fourth-order valence-corrected chi connectivity index (χ4v) is 2.01. The number of hydrogen-bond acceptors (Lipinski definition) is 5. The first-order chi connectivity index (χ1) is 11.5. The maximum atomic E-state index is 13.5. The van der Waals surface area contributed by atoms with Gasteiger partial charge in [0.05, 0.1) is 19.8 Å². The van der Waals surface area contributed by atoms with Crippen molar-refractivity contribution in [1.82, 2.24) is 0 Å². The van der Waals surface area contributed by atoms with Gasteiger partial charge < -0.3 is 14.2 Å². The lowest BCUT2D eigenvalue weighted by atomic mass is 10.1. The molecule has 0 saturated carbocycles. The van der Waals surface area contributed by atoms with Crippen LogP contribution in [0.3, 0.4) is 0 Å². The Balaban J connectivity index is 2.15. The molecule has 0 radical (unpaired) electrons. The van der Waals surface area contributed by atoms with Gasteiger partial charge in [-0.3, -0.25) is 4.79 Å². The number of rotatable bonds is 6. The summed E-state index contributed by atoms with van der Waals surface area (Å²) >= 11 is 0. The van der Waals surface area contributed by atoms with E-state index < -0.39 is 35.6 Å². The van der Waals surface area contributed by atoms with Crippen LogP contribution in [0.4, 0.5) is 8.78 Å². The van der Waals surface area contributed by atoms with Crippen LogP contribution in [-0.2, 0) is 4.74 Å². The van der Waals surface area contributed by atoms with Gasteiger partial charge in [0.2, 0.25) is 5.78 Å². The van der Waals surface area contributed by atoms with Crippen molar-refractivity contribution in [3.8, 4) is 11.5 Å². The molecule has 5 nitrogen and oxygen atoms in total.